The lowest BCUT2D eigenvalue weighted by atomic mass is 10.1. The van der Waals surface area contributed by atoms with Crippen LogP contribution in [0.5, 0.6) is 0 Å². The van der Waals surface area contributed by atoms with Crippen LogP contribution in [0.15, 0.2) is 26.4 Å². The molecule has 1 aliphatic heterocycles. The molecule has 2 atom stereocenters. The lowest BCUT2D eigenvalue weighted by Crippen LogP contribution is -2.47. The Bertz CT molecular complexity index is 905. The molecule has 10 heteroatoms. The second-order valence-corrected chi connectivity index (χ2v) is 9.82. The van der Waals surface area contributed by atoms with E-state index in [9.17, 15) is 13.2 Å². The van der Waals surface area contributed by atoms with Crippen LogP contribution >= 0.6 is 11.8 Å². The smallest absolute Gasteiger partial charge is 0.277 e. The van der Waals surface area contributed by atoms with Crippen LogP contribution in [-0.4, -0.2) is 58.8 Å². The molecule has 0 radical (unpaired) electrons. The fourth-order valence-corrected chi connectivity index (χ4v) is 5.53. The quantitative estimate of drug-likeness (QED) is 0.638. The SMILES string of the molecule is CC[C@@H](C)N(C(=O)CSc1nnc(-c2ccoc2C)o1)[C@@H]1CCS(=O)(=O)C1. The number of hydrogen-bond acceptors (Lipinski definition) is 8. The van der Waals surface area contributed by atoms with Gasteiger partial charge in [-0.05, 0) is 32.8 Å². The van der Waals surface area contributed by atoms with E-state index >= 15 is 0 Å². The van der Waals surface area contributed by atoms with Gasteiger partial charge in [-0.1, -0.05) is 18.7 Å². The molecule has 8 nitrogen and oxygen atoms in total. The van der Waals surface area contributed by atoms with E-state index in [1.165, 1.54) is 0 Å². The van der Waals surface area contributed by atoms with Gasteiger partial charge in [-0.2, -0.15) is 0 Å². The predicted molar refractivity (Wildman–Crippen MR) is 101 cm³/mol. The normalized spacial score (nSPS) is 19.9. The molecule has 1 fully saturated rings. The highest BCUT2D eigenvalue weighted by atomic mass is 32.2. The van der Waals surface area contributed by atoms with Crippen LogP contribution in [0.4, 0.5) is 0 Å². The number of carbonyl (C=O) groups is 1. The maximum Gasteiger partial charge on any atom is 0.277 e. The van der Waals surface area contributed by atoms with Gasteiger partial charge in [0.05, 0.1) is 29.1 Å². The highest BCUT2D eigenvalue weighted by molar-refractivity contribution is 7.99. The van der Waals surface area contributed by atoms with Crippen molar-refractivity contribution in [1.29, 1.82) is 0 Å². The molecule has 0 bridgehead atoms. The van der Waals surface area contributed by atoms with Crippen LogP contribution in [0.1, 0.15) is 32.4 Å². The minimum Gasteiger partial charge on any atom is -0.469 e. The second kappa shape index (κ2) is 8.05. The van der Waals surface area contributed by atoms with Crippen LogP contribution < -0.4 is 0 Å². The van der Waals surface area contributed by atoms with E-state index in [1.807, 2.05) is 13.8 Å². The number of sulfone groups is 1. The average Bonchev–Trinajstić information content (AvgIpc) is 3.33. The van der Waals surface area contributed by atoms with Gasteiger partial charge < -0.3 is 13.7 Å². The predicted octanol–water partition coefficient (Wildman–Crippen LogP) is 2.54. The van der Waals surface area contributed by atoms with Crippen molar-refractivity contribution in [3.05, 3.63) is 18.1 Å². The molecule has 0 aromatic carbocycles. The minimum atomic E-state index is -3.06. The van der Waals surface area contributed by atoms with Gasteiger partial charge in [0.2, 0.25) is 5.91 Å². The Balaban J connectivity index is 1.66. The molecular weight excluding hydrogens is 390 g/mol. The van der Waals surface area contributed by atoms with Crippen molar-refractivity contribution >= 4 is 27.5 Å². The Morgan fingerprint density at radius 3 is 2.81 bits per heavy atom. The minimum absolute atomic E-state index is 0.0248. The Morgan fingerprint density at radius 2 is 2.22 bits per heavy atom. The van der Waals surface area contributed by atoms with Crippen molar-refractivity contribution in [2.24, 2.45) is 0 Å². The van der Waals surface area contributed by atoms with E-state index in [1.54, 1.807) is 24.2 Å². The van der Waals surface area contributed by atoms with Crippen LogP contribution in [0.25, 0.3) is 11.5 Å². The standard InChI is InChI=1S/C17H23N3O5S2/c1-4-11(2)20(13-6-8-27(22,23)10-13)15(21)9-26-17-19-18-16(25-17)14-5-7-24-12(14)3/h5,7,11,13H,4,6,8-10H2,1-3H3/t11-,13-/m1/s1. The summed E-state index contributed by atoms with van der Waals surface area (Å²) in [4.78, 5) is 14.5. The largest absolute Gasteiger partial charge is 0.469 e. The van der Waals surface area contributed by atoms with Crippen LogP contribution in [-0.2, 0) is 14.6 Å². The summed E-state index contributed by atoms with van der Waals surface area (Å²) < 4.78 is 34.5. The average molecular weight is 414 g/mol. The van der Waals surface area contributed by atoms with Crippen molar-refractivity contribution < 1.29 is 22.0 Å². The summed E-state index contributed by atoms with van der Waals surface area (Å²) in [5, 5.41) is 8.25. The zero-order valence-corrected chi connectivity index (χ0v) is 17.2. The number of thioether (sulfide) groups is 1. The van der Waals surface area contributed by atoms with Gasteiger partial charge in [-0.25, -0.2) is 8.42 Å². The molecule has 0 aliphatic carbocycles. The lowest BCUT2D eigenvalue weighted by Gasteiger charge is -2.33. The number of carbonyl (C=O) groups excluding carboxylic acids is 1. The Kier molecular flexibility index (Phi) is 5.95. The van der Waals surface area contributed by atoms with Gasteiger partial charge >= 0.3 is 0 Å². The third kappa shape index (κ3) is 4.55. The van der Waals surface area contributed by atoms with Crippen LogP contribution in [0.2, 0.25) is 0 Å². The Hall–Kier alpha value is -1.81. The van der Waals surface area contributed by atoms with E-state index in [0.717, 1.165) is 23.7 Å². The fraction of sp³-hybridized carbons (Fsp3) is 0.588. The molecule has 1 saturated heterocycles. The number of rotatable bonds is 7. The first kappa shape index (κ1) is 19.9. The fourth-order valence-electron chi connectivity index (χ4n) is 3.18. The van der Waals surface area contributed by atoms with E-state index in [0.29, 0.717) is 23.3 Å². The first-order valence-corrected chi connectivity index (χ1v) is 11.6. The first-order chi connectivity index (χ1) is 12.8. The molecule has 3 rings (SSSR count). The highest BCUT2D eigenvalue weighted by Gasteiger charge is 2.36. The summed E-state index contributed by atoms with van der Waals surface area (Å²) in [6, 6.07) is 1.46. The molecular formula is C17H23N3O5S2. The summed E-state index contributed by atoms with van der Waals surface area (Å²) in [7, 11) is -3.06. The number of aromatic nitrogens is 2. The second-order valence-electron chi connectivity index (χ2n) is 6.67. The van der Waals surface area contributed by atoms with Crippen molar-refractivity contribution in [2.75, 3.05) is 17.3 Å². The van der Waals surface area contributed by atoms with Gasteiger partial charge in [-0.3, -0.25) is 4.79 Å². The van der Waals surface area contributed by atoms with Gasteiger partial charge in [0.1, 0.15) is 5.76 Å². The number of aryl methyl sites for hydroxylation is 1. The Morgan fingerprint density at radius 1 is 1.44 bits per heavy atom. The molecule has 2 aromatic heterocycles. The summed E-state index contributed by atoms with van der Waals surface area (Å²) in [5.41, 5.74) is 0.720. The van der Waals surface area contributed by atoms with Gasteiger partial charge in [0.15, 0.2) is 9.84 Å². The van der Waals surface area contributed by atoms with Crippen LogP contribution in [0.3, 0.4) is 0 Å². The molecule has 0 unspecified atom stereocenters. The zero-order chi connectivity index (χ0) is 19.6. The molecule has 3 heterocycles. The van der Waals surface area contributed by atoms with Crippen molar-refractivity contribution in [3.8, 4) is 11.5 Å². The molecule has 1 aliphatic rings. The summed E-state index contributed by atoms with van der Waals surface area (Å²) >= 11 is 1.16. The molecule has 2 aromatic rings. The van der Waals surface area contributed by atoms with E-state index < -0.39 is 9.84 Å². The topological polar surface area (TPSA) is 107 Å². The van der Waals surface area contributed by atoms with Crippen molar-refractivity contribution in [3.63, 3.8) is 0 Å². The highest BCUT2D eigenvalue weighted by Crippen LogP contribution is 2.27. The van der Waals surface area contributed by atoms with E-state index in [2.05, 4.69) is 10.2 Å². The van der Waals surface area contributed by atoms with Crippen LogP contribution in [0, 0.1) is 6.92 Å². The number of amides is 1. The molecule has 27 heavy (non-hydrogen) atoms. The third-order valence-electron chi connectivity index (χ3n) is 4.77. The summed E-state index contributed by atoms with van der Waals surface area (Å²) in [6.45, 7) is 5.73. The maximum absolute atomic E-state index is 12.8. The molecule has 1 amide bonds. The van der Waals surface area contributed by atoms with Crippen molar-refractivity contribution in [1.82, 2.24) is 15.1 Å². The first-order valence-electron chi connectivity index (χ1n) is 8.83. The number of nitrogens with zero attached hydrogens (tertiary/aromatic N) is 3. The van der Waals surface area contributed by atoms with Crippen molar-refractivity contribution in [2.45, 2.75) is 50.9 Å². The van der Waals surface area contributed by atoms with E-state index in [-0.39, 0.29) is 35.2 Å². The maximum atomic E-state index is 12.8. The van der Waals surface area contributed by atoms with Gasteiger partial charge in [-0.15, -0.1) is 10.2 Å². The zero-order valence-electron chi connectivity index (χ0n) is 15.5. The molecule has 0 saturated carbocycles. The lowest BCUT2D eigenvalue weighted by molar-refractivity contribution is -0.132. The number of furan rings is 1. The molecule has 0 spiro atoms. The van der Waals surface area contributed by atoms with E-state index in [4.69, 9.17) is 8.83 Å². The van der Waals surface area contributed by atoms with Gasteiger partial charge in [0.25, 0.3) is 11.1 Å². The molecule has 148 valence electrons. The Labute approximate surface area is 162 Å². The third-order valence-corrected chi connectivity index (χ3v) is 7.32. The monoisotopic (exact) mass is 413 g/mol. The van der Waals surface area contributed by atoms with Gasteiger partial charge in [0, 0.05) is 12.1 Å². The summed E-state index contributed by atoms with van der Waals surface area (Å²) in [6.07, 6.45) is 2.80. The molecule has 0 N–H and O–H groups in total. The number of hydrogen-bond donors (Lipinski definition) is 0. The summed E-state index contributed by atoms with van der Waals surface area (Å²) in [5.74, 6) is 1.21.